The molecular formula is C14H22BrClN2O. The van der Waals surface area contributed by atoms with Gasteiger partial charge in [-0.05, 0) is 78.3 Å². The number of aromatic nitrogens is 1. The summed E-state index contributed by atoms with van der Waals surface area (Å²) in [5.74, 6) is 0.859. The lowest BCUT2D eigenvalue weighted by Crippen LogP contribution is -2.29. The average Bonchev–Trinajstić information content (AvgIpc) is 2.40. The van der Waals surface area contributed by atoms with Crippen LogP contribution in [0, 0.1) is 5.92 Å². The van der Waals surface area contributed by atoms with Crippen LogP contribution >= 0.6 is 28.3 Å². The van der Waals surface area contributed by atoms with Gasteiger partial charge in [-0.3, -0.25) is 0 Å². The van der Waals surface area contributed by atoms with E-state index in [0.717, 1.165) is 17.1 Å². The fourth-order valence-electron chi connectivity index (χ4n) is 2.37. The summed E-state index contributed by atoms with van der Waals surface area (Å²) in [5.41, 5.74) is 1.18. The summed E-state index contributed by atoms with van der Waals surface area (Å²) in [6, 6.07) is 4.00. The molecule has 1 atom stereocenters. The lowest BCUT2D eigenvalue weighted by molar-refractivity contribution is 0.112. The minimum absolute atomic E-state index is 0. The van der Waals surface area contributed by atoms with Crippen molar-refractivity contribution in [3.8, 4) is 0 Å². The molecule has 1 aliphatic rings. The van der Waals surface area contributed by atoms with Gasteiger partial charge in [-0.15, -0.1) is 12.4 Å². The van der Waals surface area contributed by atoms with Crippen molar-refractivity contribution in [3.05, 3.63) is 28.5 Å². The Bertz CT molecular complexity index is 359. The molecule has 108 valence electrons. The zero-order chi connectivity index (χ0) is 12.6. The maximum atomic E-state index is 5.70. The zero-order valence-electron chi connectivity index (χ0n) is 11.1. The van der Waals surface area contributed by atoms with Gasteiger partial charge in [0.2, 0.25) is 0 Å². The molecule has 3 nitrogen and oxygen atoms in total. The van der Waals surface area contributed by atoms with E-state index in [4.69, 9.17) is 4.74 Å². The molecule has 0 aliphatic carbocycles. The van der Waals surface area contributed by atoms with E-state index < -0.39 is 0 Å². The molecule has 0 aromatic carbocycles. The fourth-order valence-corrected chi connectivity index (χ4v) is 2.78. The number of ether oxygens (including phenoxy) is 1. The first-order chi connectivity index (χ1) is 8.84. The van der Waals surface area contributed by atoms with Crippen LogP contribution in [0.1, 0.15) is 31.2 Å². The molecule has 5 heteroatoms. The van der Waals surface area contributed by atoms with Crippen molar-refractivity contribution in [1.82, 2.24) is 10.3 Å². The second-order valence-electron chi connectivity index (χ2n) is 4.89. The highest BCUT2D eigenvalue weighted by Gasteiger charge is 2.11. The standard InChI is InChI=1S/C14H21BrN2O.ClH/c15-14-9-13(5-7-17-14)11-18-8-2-4-12-3-1-6-16-10-12;/h5,7,9,12,16H,1-4,6,8,10-11H2;1H. The van der Waals surface area contributed by atoms with Gasteiger partial charge < -0.3 is 10.1 Å². The number of hydrogen-bond donors (Lipinski definition) is 1. The van der Waals surface area contributed by atoms with Crippen LogP contribution in [0.3, 0.4) is 0 Å². The van der Waals surface area contributed by atoms with Crippen LogP contribution in [0.5, 0.6) is 0 Å². The van der Waals surface area contributed by atoms with Crippen LogP contribution in [0.15, 0.2) is 22.9 Å². The largest absolute Gasteiger partial charge is 0.377 e. The molecule has 1 N–H and O–H groups in total. The monoisotopic (exact) mass is 348 g/mol. The first-order valence-corrected chi connectivity index (χ1v) is 7.53. The van der Waals surface area contributed by atoms with Gasteiger partial charge in [-0.25, -0.2) is 4.98 Å². The fraction of sp³-hybridized carbons (Fsp3) is 0.643. The Kier molecular flexibility index (Phi) is 8.62. The average molecular weight is 350 g/mol. The predicted octanol–water partition coefficient (Wildman–Crippen LogP) is 3.56. The highest BCUT2D eigenvalue weighted by atomic mass is 79.9. The summed E-state index contributed by atoms with van der Waals surface area (Å²) in [6.45, 7) is 3.93. The predicted molar refractivity (Wildman–Crippen MR) is 83.7 cm³/mol. The third-order valence-electron chi connectivity index (χ3n) is 3.36. The van der Waals surface area contributed by atoms with Crippen LogP contribution in [0.2, 0.25) is 0 Å². The van der Waals surface area contributed by atoms with Gasteiger partial charge in [0.15, 0.2) is 0 Å². The van der Waals surface area contributed by atoms with E-state index in [1.54, 1.807) is 6.20 Å². The minimum atomic E-state index is 0. The van der Waals surface area contributed by atoms with Gasteiger partial charge in [0, 0.05) is 12.8 Å². The molecule has 1 unspecified atom stereocenters. The number of halogens is 2. The minimum Gasteiger partial charge on any atom is -0.377 e. The van der Waals surface area contributed by atoms with E-state index in [9.17, 15) is 0 Å². The highest BCUT2D eigenvalue weighted by Crippen LogP contribution is 2.16. The molecule has 1 aromatic heterocycles. The first-order valence-electron chi connectivity index (χ1n) is 6.73. The van der Waals surface area contributed by atoms with Crippen LogP contribution in [0.4, 0.5) is 0 Å². The summed E-state index contributed by atoms with van der Waals surface area (Å²) < 4.78 is 6.57. The number of nitrogens with zero attached hydrogens (tertiary/aromatic N) is 1. The quantitative estimate of drug-likeness (QED) is 0.630. The van der Waals surface area contributed by atoms with Gasteiger partial charge in [-0.1, -0.05) is 0 Å². The lowest BCUT2D eigenvalue weighted by atomic mass is 9.95. The molecule has 1 aliphatic heterocycles. The van der Waals surface area contributed by atoms with Crippen molar-refractivity contribution in [3.63, 3.8) is 0 Å². The Morgan fingerprint density at radius 2 is 2.37 bits per heavy atom. The van der Waals surface area contributed by atoms with Crippen molar-refractivity contribution < 1.29 is 4.74 Å². The third-order valence-corrected chi connectivity index (χ3v) is 3.79. The van der Waals surface area contributed by atoms with Gasteiger partial charge in [0.25, 0.3) is 0 Å². The van der Waals surface area contributed by atoms with Crippen LogP contribution in [0.25, 0.3) is 0 Å². The molecular weight excluding hydrogens is 328 g/mol. The Labute approximate surface area is 130 Å². The summed E-state index contributed by atoms with van der Waals surface area (Å²) in [5, 5.41) is 3.45. The van der Waals surface area contributed by atoms with Gasteiger partial charge in [0.05, 0.1) is 6.61 Å². The molecule has 0 amide bonds. The van der Waals surface area contributed by atoms with Crippen LogP contribution in [-0.2, 0) is 11.3 Å². The van der Waals surface area contributed by atoms with Crippen molar-refractivity contribution in [2.75, 3.05) is 19.7 Å². The Balaban J connectivity index is 0.00000180. The van der Waals surface area contributed by atoms with Gasteiger partial charge in [-0.2, -0.15) is 0 Å². The SMILES string of the molecule is Brc1cc(COCCCC2CCCNC2)ccn1.Cl. The summed E-state index contributed by atoms with van der Waals surface area (Å²) in [4.78, 5) is 4.10. The molecule has 0 saturated carbocycles. The molecule has 1 aromatic rings. The van der Waals surface area contributed by atoms with E-state index in [1.165, 1.54) is 44.3 Å². The maximum absolute atomic E-state index is 5.70. The molecule has 2 rings (SSSR count). The smallest absolute Gasteiger partial charge is 0.106 e. The second kappa shape index (κ2) is 9.70. The van der Waals surface area contributed by atoms with E-state index in [0.29, 0.717) is 6.61 Å². The Hall–Kier alpha value is -0.160. The van der Waals surface area contributed by atoms with Gasteiger partial charge in [0.1, 0.15) is 4.60 Å². The van der Waals surface area contributed by atoms with Crippen molar-refractivity contribution in [2.24, 2.45) is 5.92 Å². The maximum Gasteiger partial charge on any atom is 0.106 e. The molecule has 2 heterocycles. The summed E-state index contributed by atoms with van der Waals surface area (Å²) in [7, 11) is 0. The second-order valence-corrected chi connectivity index (χ2v) is 5.71. The molecule has 1 saturated heterocycles. The zero-order valence-corrected chi connectivity index (χ0v) is 13.5. The van der Waals surface area contributed by atoms with Crippen molar-refractivity contribution in [2.45, 2.75) is 32.3 Å². The molecule has 0 radical (unpaired) electrons. The number of piperidine rings is 1. The number of hydrogen-bond acceptors (Lipinski definition) is 3. The van der Waals surface area contributed by atoms with Gasteiger partial charge >= 0.3 is 0 Å². The lowest BCUT2D eigenvalue weighted by Gasteiger charge is -2.22. The Morgan fingerprint density at radius 1 is 1.47 bits per heavy atom. The van der Waals surface area contributed by atoms with Crippen molar-refractivity contribution in [1.29, 1.82) is 0 Å². The molecule has 0 spiro atoms. The van der Waals surface area contributed by atoms with E-state index in [1.807, 2.05) is 12.1 Å². The van der Waals surface area contributed by atoms with E-state index in [-0.39, 0.29) is 12.4 Å². The number of rotatable bonds is 6. The molecule has 0 bridgehead atoms. The summed E-state index contributed by atoms with van der Waals surface area (Å²) in [6.07, 6.45) is 6.96. The number of pyridine rings is 1. The van der Waals surface area contributed by atoms with E-state index in [2.05, 4.69) is 26.2 Å². The summed E-state index contributed by atoms with van der Waals surface area (Å²) >= 11 is 3.36. The van der Waals surface area contributed by atoms with Crippen LogP contribution in [-0.4, -0.2) is 24.7 Å². The topological polar surface area (TPSA) is 34.1 Å². The van der Waals surface area contributed by atoms with Crippen LogP contribution < -0.4 is 5.32 Å². The van der Waals surface area contributed by atoms with Crippen molar-refractivity contribution >= 4 is 28.3 Å². The highest BCUT2D eigenvalue weighted by molar-refractivity contribution is 9.10. The number of nitrogens with one attached hydrogen (secondary N) is 1. The Morgan fingerprint density at radius 3 is 3.11 bits per heavy atom. The molecule has 1 fully saturated rings. The van der Waals surface area contributed by atoms with E-state index >= 15 is 0 Å². The first kappa shape index (κ1) is 16.9. The normalized spacial score (nSPS) is 18.9. The molecule has 19 heavy (non-hydrogen) atoms. The third kappa shape index (κ3) is 6.70.